The van der Waals surface area contributed by atoms with Crippen LogP contribution in [0.5, 0.6) is 0 Å². The minimum absolute atomic E-state index is 0.0630. The number of benzene rings is 2. The standard InChI is InChI=1S/C19H21NO2S2/c1-2-12-24-18-11-7-6-10-16(18)20-19(22)14-23-13-17(21)15-8-4-3-5-9-15/h2-11,17,21H,1,12-14H2,(H,20,22). The smallest absolute Gasteiger partial charge is 0.234 e. The van der Waals surface area contributed by atoms with Crippen LogP contribution in [0.25, 0.3) is 0 Å². The van der Waals surface area contributed by atoms with Crippen LogP contribution in [-0.4, -0.2) is 28.3 Å². The van der Waals surface area contributed by atoms with E-state index in [0.29, 0.717) is 11.5 Å². The van der Waals surface area contributed by atoms with Crippen molar-refractivity contribution in [3.05, 3.63) is 72.8 Å². The third-order valence-electron chi connectivity index (χ3n) is 3.21. The molecule has 1 unspecified atom stereocenters. The van der Waals surface area contributed by atoms with Gasteiger partial charge in [0.1, 0.15) is 0 Å². The van der Waals surface area contributed by atoms with Gasteiger partial charge in [-0.2, -0.15) is 0 Å². The van der Waals surface area contributed by atoms with Crippen molar-refractivity contribution in [2.45, 2.75) is 11.0 Å². The predicted molar refractivity (Wildman–Crippen MR) is 105 cm³/mol. The number of nitrogens with one attached hydrogen (secondary N) is 1. The molecule has 126 valence electrons. The number of carbonyl (C=O) groups excluding carboxylic acids is 1. The van der Waals surface area contributed by atoms with Crippen LogP contribution in [0.1, 0.15) is 11.7 Å². The van der Waals surface area contributed by atoms with Gasteiger partial charge < -0.3 is 10.4 Å². The van der Waals surface area contributed by atoms with Gasteiger partial charge in [-0.15, -0.1) is 30.1 Å². The summed E-state index contributed by atoms with van der Waals surface area (Å²) in [6, 6.07) is 17.2. The van der Waals surface area contributed by atoms with Crippen molar-refractivity contribution in [1.29, 1.82) is 0 Å². The van der Waals surface area contributed by atoms with Crippen LogP contribution in [0.4, 0.5) is 5.69 Å². The average Bonchev–Trinajstić information content (AvgIpc) is 2.61. The highest BCUT2D eigenvalue weighted by Gasteiger charge is 2.10. The molecule has 0 aliphatic carbocycles. The number of aliphatic hydroxyl groups is 1. The molecule has 0 aromatic heterocycles. The summed E-state index contributed by atoms with van der Waals surface area (Å²) in [5.74, 6) is 1.53. The van der Waals surface area contributed by atoms with Crippen LogP contribution < -0.4 is 5.32 Å². The Balaban J connectivity index is 1.80. The first-order valence-corrected chi connectivity index (χ1v) is 9.78. The molecule has 0 bridgehead atoms. The van der Waals surface area contributed by atoms with E-state index in [4.69, 9.17) is 0 Å². The first kappa shape index (κ1) is 18.6. The highest BCUT2D eigenvalue weighted by molar-refractivity contribution is 8.00. The molecule has 0 spiro atoms. The van der Waals surface area contributed by atoms with Crippen molar-refractivity contribution in [2.75, 3.05) is 22.6 Å². The number of hydrogen-bond donors (Lipinski definition) is 2. The molecule has 1 amide bonds. The Morgan fingerprint density at radius 1 is 1.17 bits per heavy atom. The maximum atomic E-state index is 12.1. The van der Waals surface area contributed by atoms with E-state index < -0.39 is 6.10 Å². The molecular weight excluding hydrogens is 338 g/mol. The molecule has 2 rings (SSSR count). The van der Waals surface area contributed by atoms with E-state index in [0.717, 1.165) is 21.9 Å². The van der Waals surface area contributed by atoms with Crippen LogP contribution in [0, 0.1) is 0 Å². The summed E-state index contributed by atoms with van der Waals surface area (Å²) in [4.78, 5) is 13.1. The number of rotatable bonds is 9. The molecule has 2 N–H and O–H groups in total. The Labute approximate surface area is 151 Å². The summed E-state index contributed by atoms with van der Waals surface area (Å²) in [5.41, 5.74) is 1.69. The molecule has 2 aromatic carbocycles. The quantitative estimate of drug-likeness (QED) is 0.516. The van der Waals surface area contributed by atoms with E-state index in [2.05, 4.69) is 11.9 Å². The van der Waals surface area contributed by atoms with Crippen molar-refractivity contribution in [3.8, 4) is 0 Å². The van der Waals surface area contributed by atoms with E-state index in [9.17, 15) is 9.90 Å². The van der Waals surface area contributed by atoms with E-state index in [1.54, 1.807) is 11.8 Å². The Bertz CT molecular complexity index is 661. The summed E-state index contributed by atoms with van der Waals surface area (Å²) < 4.78 is 0. The lowest BCUT2D eigenvalue weighted by atomic mass is 10.1. The molecule has 0 fully saturated rings. The topological polar surface area (TPSA) is 49.3 Å². The van der Waals surface area contributed by atoms with Gasteiger partial charge in [-0.1, -0.05) is 48.5 Å². The Hall–Kier alpha value is -1.69. The fourth-order valence-corrected chi connectivity index (χ4v) is 3.60. The van der Waals surface area contributed by atoms with Gasteiger partial charge in [0.2, 0.25) is 5.91 Å². The van der Waals surface area contributed by atoms with Gasteiger partial charge in [0.25, 0.3) is 0 Å². The highest BCUT2D eigenvalue weighted by atomic mass is 32.2. The second-order valence-corrected chi connectivity index (χ2v) is 7.18. The average molecular weight is 360 g/mol. The zero-order chi connectivity index (χ0) is 17.2. The van der Waals surface area contributed by atoms with Crippen LogP contribution >= 0.6 is 23.5 Å². The van der Waals surface area contributed by atoms with Gasteiger partial charge in [-0.25, -0.2) is 0 Å². The van der Waals surface area contributed by atoms with E-state index in [-0.39, 0.29) is 5.91 Å². The lowest BCUT2D eigenvalue weighted by Crippen LogP contribution is -2.15. The van der Waals surface area contributed by atoms with Gasteiger partial charge in [0.05, 0.1) is 17.5 Å². The molecule has 2 aromatic rings. The SMILES string of the molecule is C=CCSc1ccccc1NC(=O)CSCC(O)c1ccccc1. The third-order valence-corrected chi connectivity index (χ3v) is 5.30. The lowest BCUT2D eigenvalue weighted by Gasteiger charge is -2.12. The van der Waals surface area contributed by atoms with Crippen molar-refractivity contribution in [1.82, 2.24) is 0 Å². The fourth-order valence-electron chi connectivity index (χ4n) is 2.07. The molecule has 0 heterocycles. The molecule has 0 aliphatic rings. The zero-order valence-corrected chi connectivity index (χ0v) is 15.0. The molecule has 0 aliphatic heterocycles. The highest BCUT2D eigenvalue weighted by Crippen LogP contribution is 2.27. The zero-order valence-electron chi connectivity index (χ0n) is 13.4. The largest absolute Gasteiger partial charge is 0.388 e. The summed E-state index contributed by atoms with van der Waals surface area (Å²) in [6.07, 6.45) is 1.28. The van der Waals surface area contributed by atoms with E-state index in [1.807, 2.05) is 60.7 Å². The first-order chi connectivity index (χ1) is 11.7. The van der Waals surface area contributed by atoms with Gasteiger partial charge in [0.15, 0.2) is 0 Å². The number of carbonyl (C=O) groups is 1. The Morgan fingerprint density at radius 2 is 1.88 bits per heavy atom. The van der Waals surface area contributed by atoms with Gasteiger partial charge in [0, 0.05) is 16.4 Å². The summed E-state index contributed by atoms with van der Waals surface area (Å²) in [6.45, 7) is 3.71. The summed E-state index contributed by atoms with van der Waals surface area (Å²) in [5, 5.41) is 13.0. The second-order valence-electron chi connectivity index (χ2n) is 5.09. The van der Waals surface area contributed by atoms with Gasteiger partial charge >= 0.3 is 0 Å². The summed E-state index contributed by atoms with van der Waals surface area (Å²) >= 11 is 3.06. The van der Waals surface area contributed by atoms with E-state index >= 15 is 0 Å². The molecular formula is C19H21NO2S2. The molecule has 0 saturated heterocycles. The number of thioether (sulfide) groups is 2. The van der Waals surface area contributed by atoms with Crippen LogP contribution in [0.15, 0.2) is 72.1 Å². The maximum Gasteiger partial charge on any atom is 0.234 e. The Kier molecular flexibility index (Phi) is 7.95. The number of hydrogen-bond acceptors (Lipinski definition) is 4. The third kappa shape index (κ3) is 6.07. The second kappa shape index (κ2) is 10.2. The number of aliphatic hydroxyl groups excluding tert-OH is 1. The monoisotopic (exact) mass is 359 g/mol. The van der Waals surface area contributed by atoms with Gasteiger partial charge in [-0.3, -0.25) is 4.79 Å². The fraction of sp³-hybridized carbons (Fsp3) is 0.211. The minimum atomic E-state index is -0.556. The Morgan fingerprint density at radius 3 is 2.62 bits per heavy atom. The summed E-state index contributed by atoms with van der Waals surface area (Å²) in [7, 11) is 0. The normalized spacial score (nSPS) is 11.7. The molecule has 24 heavy (non-hydrogen) atoms. The van der Waals surface area contributed by atoms with E-state index in [1.165, 1.54) is 11.8 Å². The number of para-hydroxylation sites is 1. The number of amides is 1. The minimum Gasteiger partial charge on any atom is -0.388 e. The van der Waals surface area contributed by atoms with Gasteiger partial charge in [-0.05, 0) is 17.7 Å². The number of anilines is 1. The van der Waals surface area contributed by atoms with Crippen LogP contribution in [-0.2, 0) is 4.79 Å². The molecule has 3 nitrogen and oxygen atoms in total. The van der Waals surface area contributed by atoms with Crippen molar-refractivity contribution in [2.24, 2.45) is 0 Å². The van der Waals surface area contributed by atoms with Crippen LogP contribution in [0.2, 0.25) is 0 Å². The molecule has 0 saturated carbocycles. The van der Waals surface area contributed by atoms with Crippen LogP contribution in [0.3, 0.4) is 0 Å². The van der Waals surface area contributed by atoms with Crippen molar-refractivity contribution in [3.63, 3.8) is 0 Å². The lowest BCUT2D eigenvalue weighted by molar-refractivity contribution is -0.113. The molecule has 1 atom stereocenters. The first-order valence-electron chi connectivity index (χ1n) is 7.64. The van der Waals surface area contributed by atoms with Crippen molar-refractivity contribution >= 4 is 35.1 Å². The maximum absolute atomic E-state index is 12.1. The van der Waals surface area contributed by atoms with Crippen molar-refractivity contribution < 1.29 is 9.90 Å². The predicted octanol–water partition coefficient (Wildman–Crippen LogP) is 4.37. The molecule has 5 heteroatoms. The molecule has 0 radical (unpaired) electrons.